The summed E-state index contributed by atoms with van der Waals surface area (Å²) in [6.45, 7) is 5.24. The van der Waals surface area contributed by atoms with Gasteiger partial charge in [0.1, 0.15) is 0 Å². The molecular weight excluding hydrogens is 264 g/mol. The van der Waals surface area contributed by atoms with Gasteiger partial charge in [0, 0.05) is 40.7 Å². The number of hydrogen-bond donors (Lipinski definition) is 1. The Labute approximate surface area is 123 Å². The zero-order valence-electron chi connectivity index (χ0n) is 12.3. The van der Waals surface area contributed by atoms with Crippen LogP contribution in [0.5, 0.6) is 0 Å². The largest absolute Gasteiger partial charge is 0.385 e. The van der Waals surface area contributed by atoms with Gasteiger partial charge in [-0.05, 0) is 31.5 Å². The molecule has 4 heteroatoms. The maximum atomic E-state index is 12.6. The summed E-state index contributed by atoms with van der Waals surface area (Å²) in [5.41, 5.74) is 2.20. The van der Waals surface area contributed by atoms with E-state index in [4.69, 9.17) is 0 Å². The lowest BCUT2D eigenvalue weighted by molar-refractivity contribution is 0.0611. The molecular formula is C17H18N2O2. The fourth-order valence-electron chi connectivity index (χ4n) is 2.92. The quantitative estimate of drug-likeness (QED) is 0.875. The molecule has 0 fully saturated rings. The van der Waals surface area contributed by atoms with E-state index in [2.05, 4.69) is 5.32 Å². The van der Waals surface area contributed by atoms with Gasteiger partial charge in [-0.3, -0.25) is 14.5 Å². The Bertz CT molecular complexity index is 715. The molecule has 1 aliphatic heterocycles. The standard InChI is InChI=1S/C17H18N2O2/c1-3-10-19-16(20)12-7-5-6-11-14(18-4-2)9-8-13(15(11)12)17(19)21/h5-9,18H,3-4,10H2,1-2H3. The minimum absolute atomic E-state index is 0.186. The van der Waals surface area contributed by atoms with Crippen LogP contribution in [0.2, 0.25) is 0 Å². The molecule has 0 saturated heterocycles. The van der Waals surface area contributed by atoms with Gasteiger partial charge in [-0.1, -0.05) is 19.1 Å². The SMILES string of the molecule is CCCN1C(=O)c2cccc3c(NCC)ccc(c23)C1=O. The van der Waals surface area contributed by atoms with Crippen LogP contribution >= 0.6 is 0 Å². The number of carbonyl (C=O) groups excluding carboxylic acids is 2. The average molecular weight is 282 g/mol. The highest BCUT2D eigenvalue weighted by Crippen LogP contribution is 2.34. The van der Waals surface area contributed by atoms with Crippen molar-refractivity contribution in [2.45, 2.75) is 20.3 Å². The van der Waals surface area contributed by atoms with Crippen molar-refractivity contribution in [1.82, 2.24) is 4.90 Å². The maximum Gasteiger partial charge on any atom is 0.261 e. The van der Waals surface area contributed by atoms with Crippen LogP contribution in [-0.4, -0.2) is 29.8 Å². The fraction of sp³-hybridized carbons (Fsp3) is 0.294. The van der Waals surface area contributed by atoms with E-state index >= 15 is 0 Å². The second-order valence-electron chi connectivity index (χ2n) is 5.18. The second-order valence-corrected chi connectivity index (χ2v) is 5.18. The van der Waals surface area contributed by atoms with E-state index in [1.54, 1.807) is 6.07 Å². The van der Waals surface area contributed by atoms with Crippen molar-refractivity contribution in [3.8, 4) is 0 Å². The van der Waals surface area contributed by atoms with E-state index in [0.717, 1.165) is 29.4 Å². The summed E-state index contributed by atoms with van der Waals surface area (Å²) >= 11 is 0. The summed E-state index contributed by atoms with van der Waals surface area (Å²) < 4.78 is 0. The number of benzene rings is 2. The summed E-state index contributed by atoms with van der Waals surface area (Å²) in [4.78, 5) is 26.5. The Balaban J connectivity index is 2.28. The Kier molecular flexibility index (Phi) is 3.37. The zero-order valence-corrected chi connectivity index (χ0v) is 12.3. The molecule has 0 aromatic heterocycles. The zero-order chi connectivity index (χ0) is 15.0. The summed E-state index contributed by atoms with van der Waals surface area (Å²) in [5, 5.41) is 4.99. The highest BCUT2D eigenvalue weighted by Gasteiger charge is 2.32. The Morgan fingerprint density at radius 1 is 1.00 bits per heavy atom. The molecule has 0 saturated carbocycles. The smallest absolute Gasteiger partial charge is 0.261 e. The number of imide groups is 1. The monoisotopic (exact) mass is 282 g/mol. The fourth-order valence-corrected chi connectivity index (χ4v) is 2.92. The third kappa shape index (κ3) is 1.98. The first-order chi connectivity index (χ1) is 10.2. The number of nitrogens with zero attached hydrogens (tertiary/aromatic N) is 1. The molecule has 0 aliphatic carbocycles. The first kappa shape index (κ1) is 13.6. The van der Waals surface area contributed by atoms with Crippen molar-refractivity contribution in [2.24, 2.45) is 0 Å². The van der Waals surface area contributed by atoms with Crippen LogP contribution in [0.15, 0.2) is 30.3 Å². The first-order valence-electron chi connectivity index (χ1n) is 7.34. The van der Waals surface area contributed by atoms with Gasteiger partial charge in [0.2, 0.25) is 0 Å². The van der Waals surface area contributed by atoms with Crippen molar-refractivity contribution in [3.63, 3.8) is 0 Å². The van der Waals surface area contributed by atoms with Gasteiger partial charge in [-0.15, -0.1) is 0 Å². The summed E-state index contributed by atoms with van der Waals surface area (Å²) in [6, 6.07) is 9.37. The van der Waals surface area contributed by atoms with Gasteiger partial charge in [0.25, 0.3) is 11.8 Å². The van der Waals surface area contributed by atoms with Gasteiger partial charge in [0.15, 0.2) is 0 Å². The van der Waals surface area contributed by atoms with Crippen LogP contribution in [0.1, 0.15) is 41.0 Å². The molecule has 3 rings (SSSR count). The van der Waals surface area contributed by atoms with Crippen molar-refractivity contribution in [2.75, 3.05) is 18.4 Å². The van der Waals surface area contributed by atoms with E-state index < -0.39 is 0 Å². The molecule has 2 aromatic carbocycles. The number of nitrogens with one attached hydrogen (secondary N) is 1. The average Bonchev–Trinajstić information content (AvgIpc) is 2.50. The van der Waals surface area contributed by atoms with Crippen LogP contribution in [0.3, 0.4) is 0 Å². The molecule has 0 unspecified atom stereocenters. The minimum Gasteiger partial charge on any atom is -0.385 e. The van der Waals surface area contributed by atoms with Gasteiger partial charge in [0.05, 0.1) is 0 Å². The van der Waals surface area contributed by atoms with Gasteiger partial charge in [-0.25, -0.2) is 0 Å². The van der Waals surface area contributed by atoms with Crippen LogP contribution in [0.25, 0.3) is 10.8 Å². The van der Waals surface area contributed by atoms with Crippen LogP contribution < -0.4 is 5.32 Å². The summed E-state index contributed by atoms with van der Waals surface area (Å²) in [5.74, 6) is -0.373. The number of anilines is 1. The van der Waals surface area contributed by atoms with E-state index in [1.807, 2.05) is 38.1 Å². The maximum absolute atomic E-state index is 12.6. The third-order valence-corrected chi connectivity index (χ3v) is 3.81. The van der Waals surface area contributed by atoms with Crippen molar-refractivity contribution in [1.29, 1.82) is 0 Å². The molecule has 0 radical (unpaired) electrons. The van der Waals surface area contributed by atoms with Gasteiger partial charge in [-0.2, -0.15) is 0 Å². The van der Waals surface area contributed by atoms with Crippen molar-refractivity contribution in [3.05, 3.63) is 41.5 Å². The highest BCUT2D eigenvalue weighted by atomic mass is 16.2. The van der Waals surface area contributed by atoms with Crippen LogP contribution in [0.4, 0.5) is 5.69 Å². The summed E-state index contributed by atoms with van der Waals surface area (Å²) in [6.07, 6.45) is 0.762. The van der Waals surface area contributed by atoms with E-state index in [-0.39, 0.29) is 11.8 Å². The van der Waals surface area contributed by atoms with E-state index in [1.165, 1.54) is 4.90 Å². The predicted molar refractivity (Wildman–Crippen MR) is 83.8 cm³/mol. The third-order valence-electron chi connectivity index (χ3n) is 3.81. The number of hydrogen-bond acceptors (Lipinski definition) is 3. The van der Waals surface area contributed by atoms with E-state index in [0.29, 0.717) is 17.7 Å². The molecule has 1 N–H and O–H groups in total. The number of rotatable bonds is 4. The molecule has 0 atom stereocenters. The van der Waals surface area contributed by atoms with Crippen LogP contribution in [0, 0.1) is 0 Å². The van der Waals surface area contributed by atoms with E-state index in [9.17, 15) is 9.59 Å². The molecule has 21 heavy (non-hydrogen) atoms. The van der Waals surface area contributed by atoms with Crippen LogP contribution in [-0.2, 0) is 0 Å². The number of amides is 2. The lowest BCUT2D eigenvalue weighted by atomic mass is 9.93. The Morgan fingerprint density at radius 2 is 1.71 bits per heavy atom. The molecule has 0 spiro atoms. The molecule has 0 bridgehead atoms. The first-order valence-corrected chi connectivity index (χ1v) is 7.34. The molecule has 2 aromatic rings. The number of carbonyl (C=O) groups is 2. The molecule has 4 nitrogen and oxygen atoms in total. The van der Waals surface area contributed by atoms with Crippen molar-refractivity contribution < 1.29 is 9.59 Å². The lowest BCUT2D eigenvalue weighted by Gasteiger charge is -2.27. The lowest BCUT2D eigenvalue weighted by Crippen LogP contribution is -2.40. The van der Waals surface area contributed by atoms with Crippen molar-refractivity contribution >= 4 is 28.3 Å². The highest BCUT2D eigenvalue weighted by molar-refractivity contribution is 6.26. The molecule has 2 amide bonds. The van der Waals surface area contributed by atoms with Gasteiger partial charge >= 0.3 is 0 Å². The molecule has 108 valence electrons. The topological polar surface area (TPSA) is 49.4 Å². The second kappa shape index (κ2) is 5.20. The molecule has 1 heterocycles. The molecule has 1 aliphatic rings. The normalized spacial score (nSPS) is 13.9. The predicted octanol–water partition coefficient (Wildman–Crippen LogP) is 3.28. The Morgan fingerprint density at radius 3 is 2.38 bits per heavy atom. The van der Waals surface area contributed by atoms with Gasteiger partial charge < -0.3 is 5.32 Å². The Hall–Kier alpha value is -2.36. The summed E-state index contributed by atoms with van der Waals surface area (Å²) in [7, 11) is 0. The minimum atomic E-state index is -0.186.